The van der Waals surface area contributed by atoms with Gasteiger partial charge in [-0.3, -0.25) is 14.4 Å². The highest BCUT2D eigenvalue weighted by molar-refractivity contribution is 6.06. The number of benzene rings is 5. The van der Waals surface area contributed by atoms with Crippen LogP contribution in [0.2, 0.25) is 0 Å². The second-order valence-electron chi connectivity index (χ2n) is 18.1. The molecule has 0 spiro atoms. The minimum atomic E-state index is -1.65. The molecular formula is C51H54N8O6. The molecule has 4 amide bonds. The summed E-state index contributed by atoms with van der Waals surface area (Å²) < 4.78 is 4.80. The zero-order valence-corrected chi connectivity index (χ0v) is 37.2. The van der Waals surface area contributed by atoms with Crippen LogP contribution in [0.5, 0.6) is 0 Å². The molecule has 0 unspecified atom stereocenters. The molecule has 2 saturated heterocycles. The Morgan fingerprint density at radius 1 is 0.754 bits per heavy atom. The van der Waals surface area contributed by atoms with Gasteiger partial charge in [0.1, 0.15) is 29.3 Å². The topological polar surface area (TPSA) is 186 Å². The number of aromatic amines is 2. The Morgan fingerprint density at radius 3 is 2.05 bits per heavy atom. The van der Waals surface area contributed by atoms with Crippen LogP contribution in [-0.2, 0) is 19.1 Å². The van der Waals surface area contributed by atoms with Crippen LogP contribution in [0.15, 0.2) is 103 Å². The quantitative estimate of drug-likeness (QED) is 0.0860. The van der Waals surface area contributed by atoms with Crippen molar-refractivity contribution in [2.75, 3.05) is 20.2 Å². The summed E-state index contributed by atoms with van der Waals surface area (Å²) >= 11 is 0. The first-order valence-electron chi connectivity index (χ1n) is 22.3. The molecule has 7 aromatic rings. The zero-order chi connectivity index (χ0) is 45.6. The van der Waals surface area contributed by atoms with Gasteiger partial charge in [0.2, 0.25) is 11.8 Å². The van der Waals surface area contributed by atoms with Crippen molar-refractivity contribution in [1.29, 1.82) is 0 Å². The van der Waals surface area contributed by atoms with Gasteiger partial charge in [-0.1, -0.05) is 86.6 Å². The molecule has 2 aliphatic heterocycles. The van der Waals surface area contributed by atoms with Gasteiger partial charge in [-0.2, -0.15) is 0 Å². The van der Waals surface area contributed by atoms with Crippen LogP contribution in [-0.4, -0.2) is 90.5 Å². The van der Waals surface area contributed by atoms with E-state index in [1.807, 2.05) is 49.2 Å². The molecule has 14 nitrogen and oxygen atoms in total. The van der Waals surface area contributed by atoms with E-state index in [0.29, 0.717) is 24.5 Å². The van der Waals surface area contributed by atoms with Gasteiger partial charge >= 0.3 is 6.09 Å². The van der Waals surface area contributed by atoms with Crippen LogP contribution < -0.4 is 10.6 Å². The van der Waals surface area contributed by atoms with E-state index in [2.05, 4.69) is 81.3 Å². The Bertz CT molecular complexity index is 2940. The number of nitrogens with one attached hydrogen (secondary N) is 4. The van der Waals surface area contributed by atoms with Crippen molar-refractivity contribution in [2.24, 2.45) is 5.92 Å². The Kier molecular flexibility index (Phi) is 11.6. The normalized spacial score (nSPS) is 17.5. The molecule has 0 saturated carbocycles. The van der Waals surface area contributed by atoms with Gasteiger partial charge in [0.05, 0.1) is 42.1 Å². The molecule has 5 N–H and O–H groups in total. The number of H-pyrrole nitrogens is 2. The van der Waals surface area contributed by atoms with Crippen molar-refractivity contribution >= 4 is 56.4 Å². The summed E-state index contributed by atoms with van der Waals surface area (Å²) in [5.41, 5.74) is 4.71. The lowest BCUT2D eigenvalue weighted by Gasteiger charge is -2.30. The first kappa shape index (κ1) is 43.2. The number of imidazole rings is 2. The average molecular weight is 875 g/mol. The van der Waals surface area contributed by atoms with Crippen molar-refractivity contribution in [3.63, 3.8) is 0 Å². The number of alkyl carbamates (subject to hydrolysis) is 1. The van der Waals surface area contributed by atoms with Crippen molar-refractivity contribution < 1.29 is 29.0 Å². The monoisotopic (exact) mass is 874 g/mol. The number of nitrogens with zero attached hydrogens (tertiary/aromatic N) is 4. The van der Waals surface area contributed by atoms with Crippen LogP contribution >= 0.6 is 0 Å². The fourth-order valence-electron chi connectivity index (χ4n) is 9.32. The van der Waals surface area contributed by atoms with Crippen molar-refractivity contribution in [2.45, 2.75) is 83.1 Å². The number of carbonyl (C=O) groups excluding carboxylic acids is 4. The van der Waals surface area contributed by atoms with Gasteiger partial charge in [0, 0.05) is 24.0 Å². The molecule has 5 aromatic carbocycles. The Labute approximate surface area is 376 Å². The molecule has 65 heavy (non-hydrogen) atoms. The van der Waals surface area contributed by atoms with E-state index in [1.165, 1.54) is 21.0 Å². The molecule has 9 rings (SSSR count). The van der Waals surface area contributed by atoms with Crippen LogP contribution in [0.25, 0.3) is 55.0 Å². The molecule has 4 atom stereocenters. The highest BCUT2D eigenvalue weighted by Gasteiger charge is 2.40. The van der Waals surface area contributed by atoms with Crippen LogP contribution in [0.3, 0.4) is 0 Å². The van der Waals surface area contributed by atoms with Crippen LogP contribution in [0, 0.1) is 5.92 Å². The van der Waals surface area contributed by atoms with E-state index >= 15 is 0 Å². The summed E-state index contributed by atoms with van der Waals surface area (Å²) in [6.07, 6.45) is 4.31. The number of likely N-dealkylation sites (tertiary alicyclic amines) is 2. The van der Waals surface area contributed by atoms with Crippen molar-refractivity contribution in [1.82, 2.24) is 40.4 Å². The van der Waals surface area contributed by atoms with Gasteiger partial charge in [0.15, 0.2) is 0 Å². The molecule has 4 heterocycles. The fourth-order valence-corrected chi connectivity index (χ4v) is 9.32. The lowest BCUT2D eigenvalue weighted by molar-refractivity contribution is -0.143. The molecular weight excluding hydrogens is 821 g/mol. The zero-order valence-electron chi connectivity index (χ0n) is 37.2. The number of fused-ring (bicyclic) bond motifs is 4. The third-order valence-electron chi connectivity index (χ3n) is 12.9. The summed E-state index contributed by atoms with van der Waals surface area (Å²) in [6.45, 7) is 7.73. The highest BCUT2D eigenvalue weighted by atomic mass is 16.5. The van der Waals surface area contributed by atoms with E-state index in [0.717, 1.165) is 86.5 Å². The first-order chi connectivity index (χ1) is 31.3. The molecule has 0 bridgehead atoms. The Balaban J connectivity index is 0.922. The maximum Gasteiger partial charge on any atom is 0.407 e. The minimum absolute atomic E-state index is 0.117. The number of aliphatic hydroxyl groups is 1. The standard InChI is InChI=1S/C51H54N8O6/c1-29(2)42(57-50(63)65-5)47(60)59-24-10-14-41(59)46-53-38-22-20-35-26-34(19-21-37(35)44(38)55-46)31-15-16-33-27-36(18-17-32(33)25-31)39-28-52-45(54-39)40-13-9-23-58(40)48(61)43(30-11-7-6-8-12-30)56-49(62)51(3,4)64/h6-8,11-12,15-22,25-29,40-43,64H,9-10,13-14,23-24H2,1-5H3,(H,52,54)(H,53,55)(H,56,62)(H,57,63)/t40-,41-,42-,43+/m0/s1. The van der Waals surface area contributed by atoms with Crippen molar-refractivity contribution in [3.8, 4) is 22.4 Å². The fraction of sp³-hybridized carbons (Fsp3) is 0.333. The maximum atomic E-state index is 14.2. The predicted octanol–water partition coefficient (Wildman–Crippen LogP) is 8.26. The maximum absolute atomic E-state index is 14.2. The Morgan fingerprint density at radius 2 is 1.37 bits per heavy atom. The molecule has 2 fully saturated rings. The molecule has 334 valence electrons. The van der Waals surface area contributed by atoms with Gasteiger partial charge in [-0.05, 0) is 103 Å². The summed E-state index contributed by atoms with van der Waals surface area (Å²) in [6, 6.07) is 30.2. The number of methoxy groups -OCH3 is 1. The van der Waals surface area contributed by atoms with Crippen LogP contribution in [0.4, 0.5) is 4.79 Å². The number of hydrogen-bond donors (Lipinski definition) is 5. The summed E-state index contributed by atoms with van der Waals surface area (Å²) in [5, 5.41) is 20.1. The lowest BCUT2D eigenvalue weighted by atomic mass is 9.97. The third-order valence-corrected chi connectivity index (χ3v) is 12.9. The van der Waals surface area contributed by atoms with E-state index in [9.17, 15) is 24.3 Å². The summed E-state index contributed by atoms with van der Waals surface area (Å²) in [5.74, 6) is 0.287. The van der Waals surface area contributed by atoms with Gasteiger partial charge in [-0.25, -0.2) is 14.8 Å². The predicted molar refractivity (Wildman–Crippen MR) is 249 cm³/mol. The molecule has 2 aromatic heterocycles. The molecule has 2 aliphatic rings. The van der Waals surface area contributed by atoms with E-state index in [-0.39, 0.29) is 29.8 Å². The van der Waals surface area contributed by atoms with E-state index < -0.39 is 29.7 Å². The second-order valence-corrected chi connectivity index (χ2v) is 18.1. The van der Waals surface area contributed by atoms with Crippen LogP contribution in [0.1, 0.15) is 88.7 Å². The van der Waals surface area contributed by atoms with Gasteiger partial charge < -0.3 is 40.2 Å². The number of aromatic nitrogens is 4. The molecule has 14 heteroatoms. The van der Waals surface area contributed by atoms with E-state index in [4.69, 9.17) is 14.7 Å². The third kappa shape index (κ3) is 8.53. The minimum Gasteiger partial charge on any atom is -0.453 e. The number of carbonyl (C=O) groups is 4. The number of amides is 4. The summed E-state index contributed by atoms with van der Waals surface area (Å²) in [4.78, 5) is 73.3. The number of hydrogen-bond acceptors (Lipinski definition) is 8. The van der Waals surface area contributed by atoms with Crippen molar-refractivity contribution in [3.05, 3.63) is 120 Å². The first-order valence-corrected chi connectivity index (χ1v) is 22.3. The number of rotatable bonds is 11. The largest absolute Gasteiger partial charge is 0.453 e. The second kappa shape index (κ2) is 17.5. The smallest absolute Gasteiger partial charge is 0.407 e. The number of ether oxygens (including phenoxy) is 1. The molecule has 0 aliphatic carbocycles. The summed E-state index contributed by atoms with van der Waals surface area (Å²) in [7, 11) is 1.29. The SMILES string of the molecule is COC(=O)N[C@H](C(=O)N1CCC[C@H]1c1nc2c(ccc3cc(-c4ccc5cc(-c6cnc([C@@H]7CCCN7C(=O)[C@H](NC(=O)C(C)(C)O)c7ccccc7)[nH]6)ccc5c4)ccc32)[nH]1)C(C)C. The lowest BCUT2D eigenvalue weighted by Crippen LogP contribution is -2.51. The average Bonchev–Trinajstić information content (AvgIpc) is 4.15. The van der Waals surface area contributed by atoms with Gasteiger partial charge in [0.25, 0.3) is 5.91 Å². The van der Waals surface area contributed by atoms with Gasteiger partial charge in [-0.15, -0.1) is 0 Å². The highest BCUT2D eigenvalue weighted by Crippen LogP contribution is 2.37. The van der Waals surface area contributed by atoms with E-state index in [1.54, 1.807) is 17.0 Å². The Hall–Kier alpha value is -7.06. The molecule has 0 radical (unpaired) electrons.